The molecule has 1 rings (SSSR count). The van der Waals surface area contributed by atoms with Crippen LogP contribution in [0.2, 0.25) is 5.02 Å². The van der Waals surface area contributed by atoms with Crippen LogP contribution in [0.25, 0.3) is 0 Å². The molecule has 0 saturated carbocycles. The highest BCUT2D eigenvalue weighted by atomic mass is 35.5. The van der Waals surface area contributed by atoms with Gasteiger partial charge in [0.05, 0.1) is 0 Å². The SMILES string of the molecule is CCC(N)C(N(C)C(C)c1ccccc1Cl)C(C)(C)C. The fourth-order valence-corrected chi connectivity index (χ4v) is 3.35. The lowest BCUT2D eigenvalue weighted by molar-refractivity contribution is 0.0688. The Kier molecular flexibility index (Phi) is 6.06. The van der Waals surface area contributed by atoms with Crippen LogP contribution >= 0.6 is 11.6 Å². The second-order valence-electron chi connectivity index (χ2n) is 6.75. The number of nitrogens with two attached hydrogens (primary N) is 1. The Morgan fingerprint density at radius 2 is 1.80 bits per heavy atom. The van der Waals surface area contributed by atoms with Gasteiger partial charge in [-0.3, -0.25) is 4.90 Å². The maximum Gasteiger partial charge on any atom is 0.0453 e. The van der Waals surface area contributed by atoms with E-state index < -0.39 is 0 Å². The fraction of sp³-hybridized carbons (Fsp3) is 0.647. The van der Waals surface area contributed by atoms with E-state index in [-0.39, 0.29) is 17.5 Å². The number of nitrogens with zero attached hydrogens (tertiary/aromatic N) is 1. The van der Waals surface area contributed by atoms with Gasteiger partial charge in [0.2, 0.25) is 0 Å². The van der Waals surface area contributed by atoms with Gasteiger partial charge in [-0.05, 0) is 37.4 Å². The summed E-state index contributed by atoms with van der Waals surface area (Å²) >= 11 is 6.34. The average molecular weight is 297 g/mol. The molecule has 0 amide bonds. The van der Waals surface area contributed by atoms with E-state index in [0.29, 0.717) is 6.04 Å². The van der Waals surface area contributed by atoms with Gasteiger partial charge in [0.1, 0.15) is 0 Å². The molecule has 1 aromatic carbocycles. The van der Waals surface area contributed by atoms with Crippen molar-refractivity contribution in [2.75, 3.05) is 7.05 Å². The van der Waals surface area contributed by atoms with Crippen LogP contribution in [0.1, 0.15) is 52.6 Å². The lowest BCUT2D eigenvalue weighted by Gasteiger charge is -2.44. The third-order valence-corrected chi connectivity index (χ3v) is 4.51. The van der Waals surface area contributed by atoms with Crippen LogP contribution in [0.4, 0.5) is 0 Å². The predicted octanol–water partition coefficient (Wildman–Crippen LogP) is 4.48. The molecule has 0 aliphatic carbocycles. The lowest BCUT2D eigenvalue weighted by atomic mass is 9.80. The van der Waals surface area contributed by atoms with E-state index in [1.807, 2.05) is 18.2 Å². The minimum atomic E-state index is 0.125. The highest BCUT2D eigenvalue weighted by Crippen LogP contribution is 2.34. The lowest BCUT2D eigenvalue weighted by Crippen LogP contribution is -2.53. The van der Waals surface area contributed by atoms with E-state index in [9.17, 15) is 0 Å². The average Bonchev–Trinajstić information content (AvgIpc) is 2.36. The molecule has 0 aliphatic rings. The van der Waals surface area contributed by atoms with Gasteiger partial charge >= 0.3 is 0 Å². The number of halogens is 1. The van der Waals surface area contributed by atoms with E-state index in [1.54, 1.807) is 0 Å². The first-order valence-electron chi connectivity index (χ1n) is 7.42. The normalized spacial score (nSPS) is 17.1. The summed E-state index contributed by atoms with van der Waals surface area (Å²) in [4.78, 5) is 2.37. The van der Waals surface area contributed by atoms with Crippen molar-refractivity contribution in [1.82, 2.24) is 4.90 Å². The zero-order chi connectivity index (χ0) is 15.5. The molecule has 2 nitrogen and oxygen atoms in total. The first kappa shape index (κ1) is 17.5. The first-order valence-corrected chi connectivity index (χ1v) is 7.79. The van der Waals surface area contributed by atoms with Crippen LogP contribution in [0.3, 0.4) is 0 Å². The molecule has 3 atom stereocenters. The van der Waals surface area contributed by atoms with E-state index in [2.05, 4.69) is 52.6 Å². The van der Waals surface area contributed by atoms with Crippen LogP contribution in [-0.2, 0) is 0 Å². The third-order valence-electron chi connectivity index (χ3n) is 4.17. The Hall–Kier alpha value is -0.570. The quantitative estimate of drug-likeness (QED) is 0.868. The standard InChI is InChI=1S/C17H29ClN2/c1-7-15(19)16(17(3,4)5)20(6)12(2)13-10-8-9-11-14(13)18/h8-12,15-16H,7,19H2,1-6H3. The second-order valence-corrected chi connectivity index (χ2v) is 7.15. The minimum absolute atomic E-state index is 0.125. The molecule has 20 heavy (non-hydrogen) atoms. The van der Waals surface area contributed by atoms with Gasteiger partial charge in [-0.1, -0.05) is 57.5 Å². The molecule has 0 spiro atoms. The van der Waals surface area contributed by atoms with Crippen LogP contribution in [0.15, 0.2) is 24.3 Å². The van der Waals surface area contributed by atoms with Crippen molar-refractivity contribution in [3.63, 3.8) is 0 Å². The molecular formula is C17H29ClN2. The van der Waals surface area contributed by atoms with Gasteiger partial charge in [0, 0.05) is 23.1 Å². The molecular weight excluding hydrogens is 268 g/mol. The Balaban J connectivity index is 3.07. The summed E-state index contributed by atoms with van der Waals surface area (Å²) in [6.45, 7) is 11.1. The van der Waals surface area contributed by atoms with Gasteiger partial charge < -0.3 is 5.73 Å². The molecule has 0 aromatic heterocycles. The van der Waals surface area contributed by atoms with Gasteiger partial charge in [0.25, 0.3) is 0 Å². The zero-order valence-corrected chi connectivity index (χ0v) is 14.4. The molecule has 2 N–H and O–H groups in total. The largest absolute Gasteiger partial charge is 0.326 e. The van der Waals surface area contributed by atoms with Crippen molar-refractivity contribution in [3.05, 3.63) is 34.9 Å². The van der Waals surface area contributed by atoms with Crippen LogP contribution < -0.4 is 5.73 Å². The van der Waals surface area contributed by atoms with Crippen molar-refractivity contribution in [2.24, 2.45) is 11.1 Å². The zero-order valence-electron chi connectivity index (χ0n) is 13.7. The monoisotopic (exact) mass is 296 g/mol. The summed E-state index contributed by atoms with van der Waals surface area (Å²) in [5, 5.41) is 0.824. The molecule has 0 aliphatic heterocycles. The van der Waals surface area contributed by atoms with Gasteiger partial charge in [-0.2, -0.15) is 0 Å². The summed E-state index contributed by atoms with van der Waals surface area (Å²) in [7, 11) is 2.15. The van der Waals surface area contributed by atoms with Gasteiger partial charge in [-0.15, -0.1) is 0 Å². The molecule has 1 aromatic rings. The van der Waals surface area contributed by atoms with Crippen molar-refractivity contribution in [3.8, 4) is 0 Å². The topological polar surface area (TPSA) is 29.3 Å². The van der Waals surface area contributed by atoms with Crippen molar-refractivity contribution >= 4 is 11.6 Å². The molecule has 114 valence electrons. The van der Waals surface area contributed by atoms with Crippen molar-refractivity contribution < 1.29 is 0 Å². The molecule has 0 bridgehead atoms. The Bertz CT molecular complexity index is 425. The number of hydrogen-bond acceptors (Lipinski definition) is 2. The Morgan fingerprint density at radius 3 is 2.25 bits per heavy atom. The van der Waals surface area contributed by atoms with E-state index in [0.717, 1.165) is 17.0 Å². The number of rotatable bonds is 5. The Morgan fingerprint density at radius 1 is 1.25 bits per heavy atom. The second kappa shape index (κ2) is 6.93. The molecule has 0 fully saturated rings. The molecule has 0 saturated heterocycles. The van der Waals surface area contributed by atoms with Crippen molar-refractivity contribution in [1.29, 1.82) is 0 Å². The van der Waals surface area contributed by atoms with E-state index >= 15 is 0 Å². The minimum Gasteiger partial charge on any atom is -0.326 e. The van der Waals surface area contributed by atoms with E-state index in [1.165, 1.54) is 0 Å². The third kappa shape index (κ3) is 3.97. The van der Waals surface area contributed by atoms with Crippen LogP contribution in [0, 0.1) is 5.41 Å². The summed E-state index contributed by atoms with van der Waals surface area (Å²) in [5.74, 6) is 0. The van der Waals surface area contributed by atoms with Crippen molar-refractivity contribution in [2.45, 2.75) is 59.2 Å². The predicted molar refractivity (Wildman–Crippen MR) is 89.1 cm³/mol. The molecule has 3 heteroatoms. The van der Waals surface area contributed by atoms with Crippen LogP contribution in [-0.4, -0.2) is 24.0 Å². The molecule has 0 heterocycles. The van der Waals surface area contributed by atoms with E-state index in [4.69, 9.17) is 17.3 Å². The summed E-state index contributed by atoms with van der Waals surface area (Å²) in [6, 6.07) is 8.76. The van der Waals surface area contributed by atoms with Gasteiger partial charge in [-0.25, -0.2) is 0 Å². The number of benzene rings is 1. The molecule has 3 unspecified atom stereocenters. The molecule has 0 radical (unpaired) electrons. The van der Waals surface area contributed by atoms with Crippen LogP contribution in [0.5, 0.6) is 0 Å². The summed E-state index contributed by atoms with van der Waals surface area (Å²) < 4.78 is 0. The Labute approximate surface area is 129 Å². The number of likely N-dealkylation sites (N-methyl/N-ethyl adjacent to an activating group) is 1. The maximum absolute atomic E-state index is 6.38. The summed E-state index contributed by atoms with van der Waals surface area (Å²) in [5.41, 5.74) is 7.67. The highest BCUT2D eigenvalue weighted by Gasteiger charge is 2.35. The fourth-order valence-electron chi connectivity index (χ4n) is 3.05. The van der Waals surface area contributed by atoms with Gasteiger partial charge in [0.15, 0.2) is 0 Å². The summed E-state index contributed by atoms with van der Waals surface area (Å²) in [6.07, 6.45) is 0.974. The smallest absolute Gasteiger partial charge is 0.0453 e. The first-order chi connectivity index (χ1) is 9.20. The maximum atomic E-state index is 6.38. The number of hydrogen-bond donors (Lipinski definition) is 1. The highest BCUT2D eigenvalue weighted by molar-refractivity contribution is 6.31.